The van der Waals surface area contributed by atoms with E-state index in [-0.39, 0.29) is 18.2 Å². The van der Waals surface area contributed by atoms with Crippen molar-refractivity contribution in [2.45, 2.75) is 37.3 Å². The quantitative estimate of drug-likeness (QED) is 0.927. The molecule has 3 heterocycles. The van der Waals surface area contributed by atoms with Gasteiger partial charge in [0.2, 0.25) is 0 Å². The summed E-state index contributed by atoms with van der Waals surface area (Å²) >= 11 is 0. The summed E-state index contributed by atoms with van der Waals surface area (Å²) in [4.78, 5) is 14.5. The number of carbonyl (C=O) groups is 1. The largest absolute Gasteiger partial charge is 0.446 e. The molecule has 4 heteroatoms. The van der Waals surface area contributed by atoms with Crippen molar-refractivity contribution in [3.05, 3.63) is 35.9 Å². The van der Waals surface area contributed by atoms with E-state index in [1.807, 2.05) is 18.2 Å². The molecule has 3 saturated heterocycles. The lowest BCUT2D eigenvalue weighted by Crippen LogP contribution is -2.57. The van der Waals surface area contributed by atoms with Crippen LogP contribution in [0.3, 0.4) is 0 Å². The van der Waals surface area contributed by atoms with Crippen LogP contribution < -0.4 is 5.32 Å². The first-order valence-electron chi connectivity index (χ1n) is 8.04. The van der Waals surface area contributed by atoms with Gasteiger partial charge in [0.25, 0.3) is 0 Å². The van der Waals surface area contributed by atoms with Crippen molar-refractivity contribution in [2.75, 3.05) is 19.6 Å². The van der Waals surface area contributed by atoms with Gasteiger partial charge in [-0.25, -0.2) is 4.79 Å². The number of benzene rings is 1. The maximum absolute atomic E-state index is 12.1. The predicted octanol–water partition coefficient (Wildman–Crippen LogP) is 2.36. The highest BCUT2D eigenvalue weighted by Crippen LogP contribution is 2.43. The van der Waals surface area contributed by atoms with E-state index in [1.165, 1.54) is 31.5 Å². The van der Waals surface area contributed by atoms with E-state index >= 15 is 0 Å². The van der Waals surface area contributed by atoms with Crippen molar-refractivity contribution in [2.24, 2.45) is 5.92 Å². The Morgan fingerprint density at radius 1 is 1.19 bits per heavy atom. The molecule has 3 atom stereocenters. The molecule has 21 heavy (non-hydrogen) atoms. The Morgan fingerprint density at radius 2 is 1.95 bits per heavy atom. The van der Waals surface area contributed by atoms with Gasteiger partial charge in [-0.2, -0.15) is 0 Å². The average Bonchev–Trinajstić information content (AvgIpc) is 3.28. The van der Waals surface area contributed by atoms with E-state index in [4.69, 9.17) is 4.74 Å². The Labute approximate surface area is 125 Å². The molecule has 112 valence electrons. The van der Waals surface area contributed by atoms with Gasteiger partial charge in [-0.3, -0.25) is 0 Å². The molecular formula is C17H22N2O2. The minimum absolute atomic E-state index is 0.0634. The van der Waals surface area contributed by atoms with Crippen LogP contribution in [0.15, 0.2) is 30.3 Å². The van der Waals surface area contributed by atoms with E-state index in [9.17, 15) is 4.79 Å². The Balaban J connectivity index is 1.28. The van der Waals surface area contributed by atoms with Crippen molar-refractivity contribution >= 4 is 6.09 Å². The number of piperidine rings is 3. The van der Waals surface area contributed by atoms with E-state index < -0.39 is 0 Å². The molecule has 1 aliphatic carbocycles. The number of hydrogen-bond acceptors (Lipinski definition) is 3. The number of rotatable bonds is 3. The van der Waals surface area contributed by atoms with Crippen LogP contribution in [-0.2, 0) is 4.74 Å². The zero-order chi connectivity index (χ0) is 14.2. The number of nitrogens with zero attached hydrogens (tertiary/aromatic N) is 1. The zero-order valence-electron chi connectivity index (χ0n) is 12.2. The normalized spacial score (nSPS) is 37.0. The van der Waals surface area contributed by atoms with Gasteiger partial charge in [0.05, 0.1) is 0 Å². The summed E-state index contributed by atoms with van der Waals surface area (Å²) in [5, 5.41) is 3.09. The second-order valence-corrected chi connectivity index (χ2v) is 6.59. The lowest BCUT2D eigenvalue weighted by molar-refractivity contribution is 0.0638. The van der Waals surface area contributed by atoms with E-state index in [0.29, 0.717) is 11.8 Å². The molecule has 1 aromatic carbocycles. The third kappa shape index (κ3) is 2.77. The molecule has 1 aromatic rings. The maximum atomic E-state index is 12.1. The Morgan fingerprint density at radius 3 is 2.62 bits per heavy atom. The molecule has 1 N–H and O–H groups in total. The fraction of sp³-hybridized carbons (Fsp3) is 0.588. The van der Waals surface area contributed by atoms with Crippen LogP contribution >= 0.6 is 0 Å². The number of alkyl carbamates (subject to hydrolysis) is 1. The summed E-state index contributed by atoms with van der Waals surface area (Å²) in [6, 6.07) is 10.6. The first-order valence-corrected chi connectivity index (χ1v) is 8.04. The number of nitrogens with one attached hydrogen (secondary N) is 1. The van der Waals surface area contributed by atoms with E-state index in [2.05, 4.69) is 22.3 Å². The maximum Gasteiger partial charge on any atom is 0.407 e. The number of ether oxygens (including phenoxy) is 1. The summed E-state index contributed by atoms with van der Waals surface area (Å²) in [5.41, 5.74) is 1.28. The lowest BCUT2D eigenvalue weighted by atomic mass is 9.84. The molecule has 2 bridgehead atoms. The SMILES string of the molecule is O=C(NC1CN2CCC1CC2)O[C@@H]1CC1c1ccccc1. The summed E-state index contributed by atoms with van der Waals surface area (Å²) in [6.07, 6.45) is 3.21. The third-order valence-electron chi connectivity index (χ3n) is 5.18. The van der Waals surface area contributed by atoms with Gasteiger partial charge in [-0.15, -0.1) is 0 Å². The molecule has 4 fully saturated rings. The monoisotopic (exact) mass is 286 g/mol. The van der Waals surface area contributed by atoms with Crippen molar-refractivity contribution < 1.29 is 9.53 Å². The van der Waals surface area contributed by atoms with Gasteiger partial charge in [-0.1, -0.05) is 30.3 Å². The van der Waals surface area contributed by atoms with Crippen LogP contribution in [0, 0.1) is 5.92 Å². The predicted molar refractivity (Wildman–Crippen MR) is 80.2 cm³/mol. The first kappa shape index (κ1) is 13.1. The molecule has 0 spiro atoms. The standard InChI is InChI=1S/C17H22N2O2/c20-17(18-15-11-19-8-6-13(15)7-9-19)21-16-10-14(16)12-4-2-1-3-5-12/h1-5,13-16H,6-11H2,(H,18,20)/t14?,15?,16-/m1/s1. The van der Waals surface area contributed by atoms with Crippen LogP contribution in [0.4, 0.5) is 4.79 Å². The second kappa shape index (κ2) is 5.34. The second-order valence-electron chi connectivity index (χ2n) is 6.59. The fourth-order valence-corrected chi connectivity index (χ4v) is 3.80. The Kier molecular flexibility index (Phi) is 3.34. The summed E-state index contributed by atoms with van der Waals surface area (Å²) < 4.78 is 5.57. The van der Waals surface area contributed by atoms with Gasteiger partial charge in [0.1, 0.15) is 6.10 Å². The number of hydrogen-bond donors (Lipinski definition) is 1. The Bertz CT molecular complexity index is 511. The zero-order valence-corrected chi connectivity index (χ0v) is 12.2. The Hall–Kier alpha value is -1.55. The summed E-state index contributed by atoms with van der Waals surface area (Å²) in [6.45, 7) is 3.37. The van der Waals surface area contributed by atoms with Gasteiger partial charge in [0, 0.05) is 18.5 Å². The lowest BCUT2D eigenvalue weighted by Gasteiger charge is -2.44. The van der Waals surface area contributed by atoms with Gasteiger partial charge in [-0.05, 0) is 43.8 Å². The van der Waals surface area contributed by atoms with Crippen LogP contribution in [-0.4, -0.2) is 42.8 Å². The fourth-order valence-electron chi connectivity index (χ4n) is 3.80. The number of amides is 1. The molecule has 1 amide bonds. The van der Waals surface area contributed by atoms with Crippen LogP contribution in [0.2, 0.25) is 0 Å². The highest BCUT2D eigenvalue weighted by molar-refractivity contribution is 5.68. The van der Waals surface area contributed by atoms with Crippen molar-refractivity contribution in [1.29, 1.82) is 0 Å². The van der Waals surface area contributed by atoms with Crippen LogP contribution in [0.25, 0.3) is 0 Å². The highest BCUT2D eigenvalue weighted by Gasteiger charge is 2.43. The highest BCUT2D eigenvalue weighted by atomic mass is 16.6. The van der Waals surface area contributed by atoms with E-state index in [0.717, 1.165) is 13.0 Å². The molecule has 0 radical (unpaired) electrons. The number of fused-ring (bicyclic) bond motifs is 3. The van der Waals surface area contributed by atoms with Crippen molar-refractivity contribution in [3.63, 3.8) is 0 Å². The molecule has 5 rings (SSSR count). The molecule has 1 saturated carbocycles. The topological polar surface area (TPSA) is 41.6 Å². The van der Waals surface area contributed by atoms with Crippen molar-refractivity contribution in [3.8, 4) is 0 Å². The smallest absolute Gasteiger partial charge is 0.407 e. The average molecular weight is 286 g/mol. The van der Waals surface area contributed by atoms with Crippen molar-refractivity contribution in [1.82, 2.24) is 10.2 Å². The van der Waals surface area contributed by atoms with Crippen LogP contribution in [0.5, 0.6) is 0 Å². The van der Waals surface area contributed by atoms with Gasteiger partial charge >= 0.3 is 6.09 Å². The van der Waals surface area contributed by atoms with Gasteiger partial charge in [0.15, 0.2) is 0 Å². The summed E-state index contributed by atoms with van der Waals surface area (Å²) in [5.74, 6) is 1.04. The van der Waals surface area contributed by atoms with E-state index in [1.54, 1.807) is 0 Å². The molecule has 4 aliphatic rings. The third-order valence-corrected chi connectivity index (χ3v) is 5.18. The van der Waals surface area contributed by atoms with Crippen LogP contribution in [0.1, 0.15) is 30.7 Å². The molecule has 2 unspecified atom stereocenters. The molecule has 3 aliphatic heterocycles. The first-order chi connectivity index (χ1) is 10.3. The minimum atomic E-state index is -0.225. The minimum Gasteiger partial charge on any atom is -0.446 e. The molecule has 4 nitrogen and oxygen atoms in total. The summed E-state index contributed by atoms with van der Waals surface area (Å²) in [7, 11) is 0. The number of carbonyl (C=O) groups excluding carboxylic acids is 1. The molecule has 0 aromatic heterocycles. The van der Waals surface area contributed by atoms with Gasteiger partial charge < -0.3 is 15.0 Å². The molecular weight excluding hydrogens is 264 g/mol.